The van der Waals surface area contributed by atoms with Crippen LogP contribution < -0.4 is 20.7 Å². The normalized spacial score (nSPS) is 11.1. The van der Waals surface area contributed by atoms with Crippen molar-refractivity contribution in [1.82, 2.24) is 0 Å². The second-order valence-corrected chi connectivity index (χ2v) is 9.61. The molecular weight excluding hydrogens is 543 g/mol. The summed E-state index contributed by atoms with van der Waals surface area (Å²) in [6.45, 7) is 3.38. The van der Waals surface area contributed by atoms with Gasteiger partial charge in [0.25, 0.3) is 11.8 Å². The predicted molar refractivity (Wildman–Crippen MR) is 151 cm³/mol. The largest absolute Gasteiger partial charge is 0.497 e. The summed E-state index contributed by atoms with van der Waals surface area (Å²) >= 11 is 2.05. The fourth-order valence-corrected chi connectivity index (χ4v) is 5.09. The summed E-state index contributed by atoms with van der Waals surface area (Å²) in [6, 6.07) is 13.7. The Labute approximate surface area is 233 Å². The number of carbonyl (C=O) groups is 3. The summed E-state index contributed by atoms with van der Waals surface area (Å²) in [4.78, 5) is 39.1. The van der Waals surface area contributed by atoms with Gasteiger partial charge in [0.1, 0.15) is 28.2 Å². The molecule has 0 aliphatic carbocycles. The maximum Gasteiger partial charge on any atom is 0.341 e. The van der Waals surface area contributed by atoms with Crippen molar-refractivity contribution < 1.29 is 28.2 Å². The van der Waals surface area contributed by atoms with Crippen LogP contribution in [0.25, 0.3) is 0 Å². The van der Waals surface area contributed by atoms with Crippen molar-refractivity contribution in [3.63, 3.8) is 0 Å². The molecule has 1 heterocycles. The average Bonchev–Trinajstić information content (AvgIpc) is 3.26. The molecule has 202 valence electrons. The van der Waals surface area contributed by atoms with Crippen LogP contribution in [0.15, 0.2) is 59.1 Å². The number of methoxy groups -OCH3 is 1. The topological polar surface area (TPSA) is 130 Å². The molecule has 9 nitrogen and oxygen atoms in total. The van der Waals surface area contributed by atoms with Crippen molar-refractivity contribution in [1.29, 1.82) is 5.26 Å². The molecule has 2 aromatic carbocycles. The molecule has 0 spiro atoms. The highest BCUT2D eigenvalue weighted by Gasteiger charge is 2.27. The Hall–Kier alpha value is -4.34. The van der Waals surface area contributed by atoms with E-state index in [2.05, 4.69) is 16.0 Å². The van der Waals surface area contributed by atoms with E-state index in [4.69, 9.17) is 9.47 Å². The van der Waals surface area contributed by atoms with E-state index in [1.807, 2.05) is 6.07 Å². The van der Waals surface area contributed by atoms with Gasteiger partial charge in [0, 0.05) is 11.4 Å². The van der Waals surface area contributed by atoms with Gasteiger partial charge in [-0.25, -0.2) is 9.18 Å². The number of hydrogen-bond donors (Lipinski definition) is 3. The van der Waals surface area contributed by atoms with E-state index in [1.54, 1.807) is 44.4 Å². The third-order valence-electron chi connectivity index (χ3n) is 5.28. The van der Waals surface area contributed by atoms with Gasteiger partial charge in [-0.15, -0.1) is 23.1 Å². The number of nitriles is 1. The van der Waals surface area contributed by atoms with Crippen LogP contribution in [-0.4, -0.2) is 37.8 Å². The molecular formula is C27H25FN4O5S2. The summed E-state index contributed by atoms with van der Waals surface area (Å²) in [5.74, 6) is -1.69. The molecule has 0 saturated heterocycles. The molecule has 0 atom stereocenters. The summed E-state index contributed by atoms with van der Waals surface area (Å²) in [6.07, 6.45) is 1.65. The number of thiophene rings is 1. The predicted octanol–water partition coefficient (Wildman–Crippen LogP) is 5.78. The van der Waals surface area contributed by atoms with Gasteiger partial charge < -0.3 is 25.4 Å². The number of thioether (sulfide) groups is 1. The molecule has 2 amide bonds. The van der Waals surface area contributed by atoms with Crippen molar-refractivity contribution in [3.05, 3.63) is 81.0 Å². The highest BCUT2D eigenvalue weighted by Crippen LogP contribution is 2.37. The zero-order valence-corrected chi connectivity index (χ0v) is 23.1. The Morgan fingerprint density at radius 1 is 1.03 bits per heavy atom. The molecule has 0 bridgehead atoms. The van der Waals surface area contributed by atoms with Gasteiger partial charge in [-0.2, -0.15) is 5.26 Å². The van der Waals surface area contributed by atoms with Gasteiger partial charge in [0.05, 0.1) is 29.2 Å². The number of nitrogens with one attached hydrogen (secondary N) is 3. The lowest BCUT2D eigenvalue weighted by Gasteiger charge is -2.12. The summed E-state index contributed by atoms with van der Waals surface area (Å²) in [5.41, 5.74) is 1.05. The third-order valence-corrected chi connectivity index (χ3v) is 7.20. The van der Waals surface area contributed by atoms with Gasteiger partial charge >= 0.3 is 5.97 Å². The number of halogens is 1. The van der Waals surface area contributed by atoms with Crippen LogP contribution >= 0.6 is 23.1 Å². The van der Waals surface area contributed by atoms with Crippen LogP contribution in [0.2, 0.25) is 0 Å². The number of rotatable bonds is 10. The second kappa shape index (κ2) is 13.5. The van der Waals surface area contributed by atoms with E-state index >= 15 is 0 Å². The number of esters is 1. The smallest absolute Gasteiger partial charge is 0.341 e. The third kappa shape index (κ3) is 7.16. The quantitative estimate of drug-likeness (QED) is 0.159. The van der Waals surface area contributed by atoms with E-state index in [0.717, 1.165) is 23.1 Å². The molecule has 3 N–H and O–H groups in total. The Kier molecular flexibility index (Phi) is 10.1. The highest BCUT2D eigenvalue weighted by atomic mass is 32.2. The van der Waals surface area contributed by atoms with Gasteiger partial charge in [-0.1, -0.05) is 0 Å². The number of ether oxygens (including phenoxy) is 2. The first-order valence-corrected chi connectivity index (χ1v) is 13.5. The molecule has 0 saturated carbocycles. The number of carbonyl (C=O) groups excluding carboxylic acids is 3. The minimum Gasteiger partial charge on any atom is -0.497 e. The Morgan fingerprint density at radius 2 is 1.64 bits per heavy atom. The van der Waals surface area contributed by atoms with Crippen LogP contribution in [0, 0.1) is 24.1 Å². The first-order valence-electron chi connectivity index (χ1n) is 11.5. The molecule has 39 heavy (non-hydrogen) atoms. The maximum absolute atomic E-state index is 13.2. The van der Waals surface area contributed by atoms with Gasteiger partial charge in [0.15, 0.2) is 0 Å². The van der Waals surface area contributed by atoms with Crippen LogP contribution in [0.5, 0.6) is 5.75 Å². The van der Waals surface area contributed by atoms with Gasteiger partial charge in [-0.05, 0) is 74.2 Å². The number of benzene rings is 2. The Balaban J connectivity index is 1.97. The molecule has 0 fully saturated rings. The zero-order valence-electron chi connectivity index (χ0n) is 21.5. The average molecular weight is 569 g/mol. The summed E-state index contributed by atoms with van der Waals surface area (Å²) in [5, 5.41) is 18.5. The van der Waals surface area contributed by atoms with E-state index in [9.17, 15) is 24.0 Å². The molecule has 0 aliphatic rings. The number of hydrogen-bond acceptors (Lipinski definition) is 9. The van der Waals surface area contributed by atoms with Crippen molar-refractivity contribution in [2.45, 2.75) is 13.8 Å². The lowest BCUT2D eigenvalue weighted by atomic mass is 10.1. The molecule has 1 aromatic heterocycles. The molecule has 3 rings (SSSR count). The number of anilines is 3. The van der Waals surface area contributed by atoms with E-state index < -0.39 is 23.6 Å². The number of nitrogens with zero attached hydrogens (tertiary/aromatic N) is 1. The van der Waals surface area contributed by atoms with E-state index in [-0.39, 0.29) is 32.7 Å². The van der Waals surface area contributed by atoms with Crippen molar-refractivity contribution >= 4 is 57.3 Å². The van der Waals surface area contributed by atoms with Gasteiger partial charge in [0.2, 0.25) is 0 Å². The Bertz CT molecular complexity index is 1440. The molecule has 3 aromatic rings. The molecule has 12 heteroatoms. The molecule has 0 radical (unpaired) electrons. The van der Waals surface area contributed by atoms with Gasteiger partial charge in [-0.3, -0.25) is 9.59 Å². The first-order chi connectivity index (χ1) is 18.7. The number of amides is 2. The van der Waals surface area contributed by atoms with Crippen molar-refractivity contribution in [3.8, 4) is 11.8 Å². The first kappa shape index (κ1) is 29.2. The highest BCUT2D eigenvalue weighted by molar-refractivity contribution is 8.02. The van der Waals surface area contributed by atoms with Crippen LogP contribution in [0.1, 0.15) is 32.5 Å². The van der Waals surface area contributed by atoms with E-state index in [1.165, 1.54) is 31.4 Å². The fourth-order valence-electron chi connectivity index (χ4n) is 3.38. The summed E-state index contributed by atoms with van der Waals surface area (Å²) < 4.78 is 23.6. The standard InChI is InChI=1S/C27H25FN4O5S2/c1-5-37-27(35)21-15(2)22(24(34)31-18-10-12-19(36-3)13-11-18)39-26(21)32-25(38-4)20(14-29)23(33)30-17-8-6-16(28)7-9-17/h6-13,32H,5H2,1-4H3,(H,30,33)(H,31,34)/b25-20+. The van der Waals surface area contributed by atoms with Crippen LogP contribution in [-0.2, 0) is 9.53 Å². The zero-order chi connectivity index (χ0) is 28.5. The monoisotopic (exact) mass is 568 g/mol. The minimum absolute atomic E-state index is 0.107. The minimum atomic E-state index is -0.732. The Morgan fingerprint density at radius 3 is 2.21 bits per heavy atom. The fraction of sp³-hybridized carbons (Fsp3) is 0.185. The molecule has 0 unspecified atom stereocenters. The molecule has 0 aliphatic heterocycles. The van der Waals surface area contributed by atoms with Crippen molar-refractivity contribution in [2.24, 2.45) is 0 Å². The SMILES string of the molecule is CCOC(=O)c1c(N/C(SC)=C(/C#N)C(=O)Nc2ccc(F)cc2)sc(C(=O)Nc2ccc(OC)cc2)c1C. The maximum atomic E-state index is 13.2. The van der Waals surface area contributed by atoms with Crippen molar-refractivity contribution in [2.75, 3.05) is 35.9 Å². The van der Waals surface area contributed by atoms with E-state index in [0.29, 0.717) is 22.7 Å². The van der Waals surface area contributed by atoms with Crippen LogP contribution in [0.3, 0.4) is 0 Å². The van der Waals surface area contributed by atoms with Crippen LogP contribution in [0.4, 0.5) is 20.8 Å². The summed E-state index contributed by atoms with van der Waals surface area (Å²) in [7, 11) is 1.54. The lowest BCUT2D eigenvalue weighted by molar-refractivity contribution is -0.112. The lowest BCUT2D eigenvalue weighted by Crippen LogP contribution is -2.17. The second-order valence-electron chi connectivity index (χ2n) is 7.77.